The molecule has 1 amide bonds. The zero-order valence-corrected chi connectivity index (χ0v) is 10.2. The summed E-state index contributed by atoms with van der Waals surface area (Å²) >= 11 is 0. The lowest BCUT2D eigenvalue weighted by molar-refractivity contribution is 0.0936. The average Bonchev–Trinajstić information content (AvgIpc) is 2.94. The lowest BCUT2D eigenvalue weighted by atomic mass is 10.1. The molecular formula is C13H20N2O2. The highest BCUT2D eigenvalue weighted by molar-refractivity contribution is 5.92. The second-order valence-electron chi connectivity index (χ2n) is 4.72. The van der Waals surface area contributed by atoms with Gasteiger partial charge in [0, 0.05) is 19.3 Å². The van der Waals surface area contributed by atoms with Gasteiger partial charge in [-0.1, -0.05) is 0 Å². The first kappa shape index (κ1) is 12.2. The molecule has 94 valence electrons. The number of carbonyl (C=O) groups excluding carboxylic acids is 1. The molecule has 0 bridgehead atoms. The minimum atomic E-state index is -0.170. The molecule has 17 heavy (non-hydrogen) atoms. The smallest absolute Gasteiger partial charge is 0.267 e. The third kappa shape index (κ3) is 2.88. The molecule has 2 unspecified atom stereocenters. The molecule has 2 N–H and O–H groups in total. The van der Waals surface area contributed by atoms with Gasteiger partial charge in [0.25, 0.3) is 5.91 Å². The molecule has 1 fully saturated rings. The topological polar surface area (TPSA) is 54.3 Å². The molecule has 1 aromatic heterocycles. The van der Waals surface area contributed by atoms with Crippen molar-refractivity contribution in [3.63, 3.8) is 0 Å². The first-order valence-corrected chi connectivity index (χ1v) is 6.32. The number of rotatable bonds is 4. The zero-order chi connectivity index (χ0) is 12.3. The molecule has 0 spiro atoms. The number of nitrogens with zero attached hydrogens (tertiary/aromatic N) is 1. The maximum absolute atomic E-state index is 11.9. The molecule has 1 aliphatic rings. The molecule has 0 aromatic carbocycles. The van der Waals surface area contributed by atoms with Crippen LogP contribution in [0.4, 0.5) is 0 Å². The minimum Gasteiger partial charge on any atom is -0.393 e. The number of aliphatic hydroxyl groups excluding tert-OH is 1. The predicted octanol–water partition coefficient (Wildman–Crippen LogP) is 1.40. The summed E-state index contributed by atoms with van der Waals surface area (Å²) in [4.78, 5) is 11.9. The van der Waals surface area contributed by atoms with Crippen LogP contribution in [0, 0.1) is 5.92 Å². The summed E-state index contributed by atoms with van der Waals surface area (Å²) in [6.45, 7) is 3.49. The van der Waals surface area contributed by atoms with Gasteiger partial charge in [-0.05, 0) is 44.2 Å². The standard InChI is InChI=1S/C13H20N2O2/c1-2-15-7-3-4-12(15)13(17)14-9-10-5-6-11(16)8-10/h3-4,7,10-11,16H,2,5-6,8-9H2,1H3,(H,14,17). The van der Waals surface area contributed by atoms with Crippen LogP contribution in [0.3, 0.4) is 0 Å². The van der Waals surface area contributed by atoms with Gasteiger partial charge in [0.05, 0.1) is 6.10 Å². The highest BCUT2D eigenvalue weighted by Crippen LogP contribution is 2.24. The summed E-state index contributed by atoms with van der Waals surface area (Å²) in [5.74, 6) is 0.414. The molecule has 1 heterocycles. The Balaban J connectivity index is 1.85. The van der Waals surface area contributed by atoms with E-state index in [0.29, 0.717) is 18.2 Å². The number of amides is 1. The maximum Gasteiger partial charge on any atom is 0.267 e. The Morgan fingerprint density at radius 3 is 3.06 bits per heavy atom. The van der Waals surface area contributed by atoms with E-state index in [9.17, 15) is 9.90 Å². The zero-order valence-electron chi connectivity index (χ0n) is 10.2. The first-order valence-electron chi connectivity index (χ1n) is 6.32. The van der Waals surface area contributed by atoms with Gasteiger partial charge in [0.1, 0.15) is 5.69 Å². The van der Waals surface area contributed by atoms with Gasteiger partial charge < -0.3 is 15.0 Å². The third-order valence-corrected chi connectivity index (χ3v) is 3.47. The average molecular weight is 236 g/mol. The fraction of sp³-hybridized carbons (Fsp3) is 0.615. The van der Waals surface area contributed by atoms with Gasteiger partial charge in [-0.3, -0.25) is 4.79 Å². The second-order valence-corrected chi connectivity index (χ2v) is 4.72. The Kier molecular flexibility index (Phi) is 3.84. The molecule has 1 saturated carbocycles. The van der Waals surface area contributed by atoms with Crippen molar-refractivity contribution in [1.82, 2.24) is 9.88 Å². The lowest BCUT2D eigenvalue weighted by Crippen LogP contribution is -2.30. The van der Waals surface area contributed by atoms with E-state index in [2.05, 4.69) is 5.32 Å². The Labute approximate surface area is 102 Å². The van der Waals surface area contributed by atoms with Crippen LogP contribution in [0.2, 0.25) is 0 Å². The molecule has 0 aliphatic heterocycles. The lowest BCUT2D eigenvalue weighted by Gasteiger charge is -2.12. The van der Waals surface area contributed by atoms with E-state index in [1.807, 2.05) is 29.8 Å². The molecule has 4 heteroatoms. The van der Waals surface area contributed by atoms with E-state index in [-0.39, 0.29) is 12.0 Å². The molecule has 1 aliphatic carbocycles. The highest BCUT2D eigenvalue weighted by Gasteiger charge is 2.23. The molecule has 0 saturated heterocycles. The number of nitrogens with one attached hydrogen (secondary N) is 1. The van der Waals surface area contributed by atoms with E-state index in [0.717, 1.165) is 25.8 Å². The number of aliphatic hydroxyl groups is 1. The van der Waals surface area contributed by atoms with Crippen LogP contribution in [0.5, 0.6) is 0 Å². The van der Waals surface area contributed by atoms with E-state index < -0.39 is 0 Å². The summed E-state index contributed by atoms with van der Waals surface area (Å²) in [5, 5.41) is 12.4. The van der Waals surface area contributed by atoms with Crippen LogP contribution < -0.4 is 5.32 Å². The van der Waals surface area contributed by atoms with E-state index in [1.165, 1.54) is 0 Å². The Bertz CT molecular complexity index is 387. The van der Waals surface area contributed by atoms with Gasteiger partial charge in [-0.2, -0.15) is 0 Å². The van der Waals surface area contributed by atoms with Crippen LogP contribution in [0.1, 0.15) is 36.7 Å². The highest BCUT2D eigenvalue weighted by atomic mass is 16.3. The van der Waals surface area contributed by atoms with Crippen LogP contribution in [0.15, 0.2) is 18.3 Å². The molecular weight excluding hydrogens is 216 g/mol. The van der Waals surface area contributed by atoms with E-state index in [1.54, 1.807) is 0 Å². The van der Waals surface area contributed by atoms with Crippen molar-refractivity contribution in [2.75, 3.05) is 6.54 Å². The summed E-state index contributed by atoms with van der Waals surface area (Å²) < 4.78 is 1.93. The normalized spacial score (nSPS) is 23.9. The Hall–Kier alpha value is -1.29. The fourth-order valence-corrected chi connectivity index (χ4v) is 2.46. The Morgan fingerprint density at radius 2 is 2.41 bits per heavy atom. The number of hydrogen-bond acceptors (Lipinski definition) is 2. The minimum absolute atomic E-state index is 0.0155. The molecule has 1 aromatic rings. The second kappa shape index (κ2) is 5.36. The van der Waals surface area contributed by atoms with Crippen molar-refractivity contribution in [3.8, 4) is 0 Å². The van der Waals surface area contributed by atoms with Crippen molar-refractivity contribution < 1.29 is 9.90 Å². The number of hydrogen-bond donors (Lipinski definition) is 2. The fourth-order valence-electron chi connectivity index (χ4n) is 2.46. The van der Waals surface area contributed by atoms with Crippen molar-refractivity contribution >= 4 is 5.91 Å². The van der Waals surface area contributed by atoms with Crippen molar-refractivity contribution in [1.29, 1.82) is 0 Å². The first-order chi connectivity index (χ1) is 8.20. The van der Waals surface area contributed by atoms with Crippen LogP contribution in [0.25, 0.3) is 0 Å². The largest absolute Gasteiger partial charge is 0.393 e. The molecule has 0 radical (unpaired) electrons. The predicted molar refractivity (Wildman–Crippen MR) is 65.8 cm³/mol. The monoisotopic (exact) mass is 236 g/mol. The summed E-state index contributed by atoms with van der Waals surface area (Å²) in [6, 6.07) is 3.72. The van der Waals surface area contributed by atoms with Crippen molar-refractivity contribution in [2.45, 2.75) is 38.8 Å². The quantitative estimate of drug-likeness (QED) is 0.830. The number of aryl methyl sites for hydroxylation is 1. The summed E-state index contributed by atoms with van der Waals surface area (Å²) in [7, 11) is 0. The third-order valence-electron chi connectivity index (χ3n) is 3.47. The molecule has 2 atom stereocenters. The van der Waals surface area contributed by atoms with Crippen LogP contribution in [-0.2, 0) is 6.54 Å². The van der Waals surface area contributed by atoms with Crippen LogP contribution in [-0.4, -0.2) is 28.2 Å². The molecule has 2 rings (SSSR count). The van der Waals surface area contributed by atoms with Gasteiger partial charge in [0.15, 0.2) is 0 Å². The van der Waals surface area contributed by atoms with Gasteiger partial charge >= 0.3 is 0 Å². The van der Waals surface area contributed by atoms with Gasteiger partial charge in [-0.25, -0.2) is 0 Å². The van der Waals surface area contributed by atoms with E-state index in [4.69, 9.17) is 0 Å². The number of carbonyl (C=O) groups is 1. The maximum atomic E-state index is 11.9. The molecule has 4 nitrogen and oxygen atoms in total. The van der Waals surface area contributed by atoms with Gasteiger partial charge in [-0.15, -0.1) is 0 Å². The summed E-state index contributed by atoms with van der Waals surface area (Å²) in [5.41, 5.74) is 0.714. The van der Waals surface area contributed by atoms with Crippen LogP contribution >= 0.6 is 0 Å². The van der Waals surface area contributed by atoms with E-state index >= 15 is 0 Å². The Morgan fingerprint density at radius 1 is 1.59 bits per heavy atom. The van der Waals surface area contributed by atoms with Gasteiger partial charge in [0.2, 0.25) is 0 Å². The van der Waals surface area contributed by atoms with Crippen molar-refractivity contribution in [2.24, 2.45) is 5.92 Å². The van der Waals surface area contributed by atoms with Crippen molar-refractivity contribution in [3.05, 3.63) is 24.0 Å². The SMILES string of the molecule is CCn1cccc1C(=O)NCC1CCC(O)C1. The number of aromatic nitrogens is 1. The summed E-state index contributed by atoms with van der Waals surface area (Å²) in [6.07, 6.45) is 4.43.